The number of ether oxygens (including phenoxy) is 3. The van der Waals surface area contributed by atoms with Crippen molar-refractivity contribution >= 4 is 36.1 Å². The van der Waals surface area contributed by atoms with Crippen molar-refractivity contribution in [2.24, 2.45) is 0 Å². The highest BCUT2D eigenvalue weighted by Crippen LogP contribution is 2.23. The minimum atomic E-state index is -0.539. The van der Waals surface area contributed by atoms with Gasteiger partial charge < -0.3 is 44.9 Å². The first kappa shape index (κ1) is 40.6. The number of carbonyl (C=O) groups is 3. The number of hydrogen-bond acceptors (Lipinski definition) is 12. The fourth-order valence-corrected chi connectivity index (χ4v) is 5.72. The predicted molar refractivity (Wildman–Crippen MR) is 195 cm³/mol. The van der Waals surface area contributed by atoms with Crippen molar-refractivity contribution in [3.8, 4) is 0 Å². The van der Waals surface area contributed by atoms with Crippen LogP contribution in [0, 0.1) is 0 Å². The lowest BCUT2D eigenvalue weighted by molar-refractivity contribution is 0.0200. The van der Waals surface area contributed by atoms with Crippen molar-refractivity contribution in [1.29, 1.82) is 0 Å². The first-order valence-electron chi connectivity index (χ1n) is 18.3. The molecular weight excluding hydrogens is 642 g/mol. The molecular formula is C35H63N9O6. The van der Waals surface area contributed by atoms with Crippen molar-refractivity contribution in [2.75, 3.05) is 55.2 Å². The molecule has 3 N–H and O–H groups in total. The number of piperidine rings is 3. The summed E-state index contributed by atoms with van der Waals surface area (Å²) in [4.78, 5) is 57.1. The van der Waals surface area contributed by atoms with Crippen molar-refractivity contribution in [3.63, 3.8) is 0 Å². The lowest BCUT2D eigenvalue weighted by Gasteiger charge is -2.34. The first-order valence-corrected chi connectivity index (χ1v) is 18.3. The van der Waals surface area contributed by atoms with Gasteiger partial charge in [-0.3, -0.25) is 0 Å². The molecule has 1 aromatic rings. The van der Waals surface area contributed by atoms with E-state index in [1.54, 1.807) is 14.7 Å². The molecule has 3 amide bonds. The van der Waals surface area contributed by atoms with Gasteiger partial charge in [-0.15, -0.1) is 0 Å². The van der Waals surface area contributed by atoms with Gasteiger partial charge in [0, 0.05) is 57.4 Å². The molecule has 0 spiro atoms. The van der Waals surface area contributed by atoms with Gasteiger partial charge in [-0.25, -0.2) is 14.4 Å². The summed E-state index contributed by atoms with van der Waals surface area (Å²) in [6, 6.07) is 0.211. The van der Waals surface area contributed by atoms with E-state index in [4.69, 9.17) is 29.2 Å². The zero-order valence-corrected chi connectivity index (χ0v) is 32.4. The summed E-state index contributed by atoms with van der Waals surface area (Å²) < 4.78 is 16.6. The van der Waals surface area contributed by atoms with Gasteiger partial charge in [-0.2, -0.15) is 15.0 Å². The Morgan fingerprint density at radius 1 is 0.480 bits per heavy atom. The number of amides is 3. The highest BCUT2D eigenvalue weighted by molar-refractivity contribution is 5.69. The van der Waals surface area contributed by atoms with Gasteiger partial charge in [0.25, 0.3) is 0 Å². The van der Waals surface area contributed by atoms with Crippen LogP contribution < -0.4 is 16.0 Å². The van der Waals surface area contributed by atoms with Crippen molar-refractivity contribution in [2.45, 2.75) is 150 Å². The summed E-state index contributed by atoms with van der Waals surface area (Å²) in [7, 11) is 0. The molecule has 3 saturated heterocycles. The van der Waals surface area contributed by atoms with Crippen LogP contribution in [-0.2, 0) is 14.2 Å². The Kier molecular flexibility index (Phi) is 14.2. The Bertz CT molecular complexity index is 1090. The smallest absolute Gasteiger partial charge is 0.410 e. The molecule has 0 unspecified atom stereocenters. The Labute approximate surface area is 299 Å². The largest absolute Gasteiger partial charge is 0.444 e. The molecule has 50 heavy (non-hydrogen) atoms. The Morgan fingerprint density at radius 2 is 0.680 bits per heavy atom. The number of anilines is 3. The molecule has 3 aliphatic heterocycles. The molecule has 0 aromatic carbocycles. The van der Waals surface area contributed by atoms with Crippen LogP contribution in [0.25, 0.3) is 0 Å². The highest BCUT2D eigenvalue weighted by atomic mass is 16.6. The van der Waals surface area contributed by atoms with Crippen molar-refractivity contribution in [1.82, 2.24) is 29.7 Å². The van der Waals surface area contributed by atoms with Crippen LogP contribution in [0.4, 0.5) is 32.2 Å². The summed E-state index contributed by atoms with van der Waals surface area (Å²) in [5, 5.41) is 10.4. The zero-order chi connectivity index (χ0) is 37.3. The molecule has 4 heterocycles. The minimum absolute atomic E-state index is 0.0703. The number of likely N-dealkylation sites (tertiary alicyclic amines) is 3. The third-order valence-corrected chi connectivity index (χ3v) is 8.08. The Hall–Kier alpha value is -3.78. The minimum Gasteiger partial charge on any atom is -0.444 e. The van der Waals surface area contributed by atoms with Crippen LogP contribution in [0.1, 0.15) is 115 Å². The Morgan fingerprint density at radius 3 is 0.860 bits per heavy atom. The van der Waals surface area contributed by atoms with E-state index >= 15 is 0 Å². The van der Waals surface area contributed by atoms with Gasteiger partial charge in [0.1, 0.15) is 16.8 Å². The molecule has 15 nitrogen and oxygen atoms in total. The third-order valence-electron chi connectivity index (χ3n) is 8.08. The fourth-order valence-electron chi connectivity index (χ4n) is 5.72. The number of nitrogens with zero attached hydrogens (tertiary/aromatic N) is 6. The number of hydrogen-bond donors (Lipinski definition) is 3. The SMILES string of the molecule is CC.CC(C)(C)OC(=O)N1CCC(Nc2nc(NC3CCN(C(=O)OC(C)(C)C)CC3)nc(NC3CCN(C(=O)OC(C)(C)C)CC3)n2)CC1. The summed E-state index contributed by atoms with van der Waals surface area (Å²) in [6.07, 6.45) is 3.46. The van der Waals surface area contributed by atoms with Gasteiger partial charge in [0.15, 0.2) is 0 Å². The summed E-state index contributed by atoms with van der Waals surface area (Å²) in [6.45, 7) is 24.2. The summed E-state index contributed by atoms with van der Waals surface area (Å²) in [5.41, 5.74) is -1.62. The molecule has 3 fully saturated rings. The van der Waals surface area contributed by atoms with E-state index in [1.807, 2.05) is 76.2 Å². The van der Waals surface area contributed by atoms with E-state index in [0.29, 0.717) is 57.1 Å². The van der Waals surface area contributed by atoms with Crippen LogP contribution in [-0.4, -0.2) is 122 Å². The predicted octanol–water partition coefficient (Wildman–Crippen LogP) is 6.33. The summed E-state index contributed by atoms with van der Waals surface area (Å²) >= 11 is 0. The third kappa shape index (κ3) is 13.9. The maximum absolute atomic E-state index is 12.6. The molecule has 3 aliphatic rings. The van der Waals surface area contributed by atoms with Crippen LogP contribution in [0.3, 0.4) is 0 Å². The number of nitrogens with one attached hydrogen (secondary N) is 3. The zero-order valence-electron chi connectivity index (χ0n) is 32.4. The van der Waals surface area contributed by atoms with Gasteiger partial charge in [0.05, 0.1) is 0 Å². The average Bonchev–Trinajstić information content (AvgIpc) is 3.00. The number of carbonyl (C=O) groups excluding carboxylic acids is 3. The van der Waals surface area contributed by atoms with Crippen LogP contribution in [0.15, 0.2) is 0 Å². The van der Waals surface area contributed by atoms with E-state index in [0.717, 1.165) is 38.5 Å². The Balaban J connectivity index is 0.00000332. The second kappa shape index (κ2) is 17.4. The van der Waals surface area contributed by atoms with E-state index < -0.39 is 16.8 Å². The second-order valence-corrected chi connectivity index (χ2v) is 16.0. The molecule has 15 heteroatoms. The van der Waals surface area contributed by atoms with Crippen LogP contribution >= 0.6 is 0 Å². The first-order chi connectivity index (χ1) is 23.3. The maximum Gasteiger partial charge on any atom is 0.410 e. The molecule has 0 radical (unpaired) electrons. The van der Waals surface area contributed by atoms with Crippen molar-refractivity contribution < 1.29 is 28.6 Å². The quantitative estimate of drug-likeness (QED) is 0.282. The highest BCUT2D eigenvalue weighted by Gasteiger charge is 2.31. The van der Waals surface area contributed by atoms with Gasteiger partial charge in [0.2, 0.25) is 17.8 Å². The molecule has 0 bridgehead atoms. The number of rotatable bonds is 6. The molecule has 0 saturated carbocycles. The second-order valence-electron chi connectivity index (χ2n) is 16.0. The van der Waals surface area contributed by atoms with E-state index in [-0.39, 0.29) is 36.4 Å². The standard InChI is InChI=1S/C33H57N9O6.C2H6/c1-31(2,3)46-28(43)40-16-10-22(11-17-40)34-25-37-26(35-23-12-18-41(19-13-23)29(44)47-32(4,5)6)39-27(38-25)36-24-14-20-42(21-15-24)30(45)48-33(7,8)9;1-2/h22-24H,10-21H2,1-9H3,(H3,34,35,36,37,38,39);1-2H3. The monoisotopic (exact) mass is 705 g/mol. The van der Waals surface area contributed by atoms with Gasteiger partial charge in [-0.1, -0.05) is 13.8 Å². The number of aromatic nitrogens is 3. The molecule has 1 aromatic heterocycles. The molecule has 284 valence electrons. The van der Waals surface area contributed by atoms with Crippen LogP contribution in [0.2, 0.25) is 0 Å². The van der Waals surface area contributed by atoms with Gasteiger partial charge in [-0.05, 0) is 101 Å². The molecule has 0 aliphatic carbocycles. The molecule has 4 rings (SSSR count). The summed E-state index contributed by atoms with van der Waals surface area (Å²) in [5.74, 6) is 1.34. The van der Waals surface area contributed by atoms with Gasteiger partial charge >= 0.3 is 18.3 Å². The topological polar surface area (TPSA) is 163 Å². The molecule has 0 atom stereocenters. The van der Waals surface area contributed by atoms with Crippen LogP contribution in [0.5, 0.6) is 0 Å². The van der Waals surface area contributed by atoms with Crippen molar-refractivity contribution in [3.05, 3.63) is 0 Å². The van der Waals surface area contributed by atoms with E-state index in [9.17, 15) is 14.4 Å². The fraction of sp³-hybridized carbons (Fsp3) is 0.829. The lowest BCUT2D eigenvalue weighted by atomic mass is 10.1. The van der Waals surface area contributed by atoms with E-state index in [2.05, 4.69) is 16.0 Å². The van der Waals surface area contributed by atoms with E-state index in [1.165, 1.54) is 0 Å². The maximum atomic E-state index is 12.6. The average molecular weight is 706 g/mol. The normalized spacial score (nSPS) is 18.4. The lowest BCUT2D eigenvalue weighted by Crippen LogP contribution is -2.45.